The number of piperazine rings is 1. The molecule has 3 amide bonds. The largest absolute Gasteiger partial charge is 0.479 e. The fourth-order valence-corrected chi connectivity index (χ4v) is 6.53. The summed E-state index contributed by atoms with van der Waals surface area (Å²) in [5.74, 6) is -4.06. The summed E-state index contributed by atoms with van der Waals surface area (Å²) in [6, 6.07) is -1.09. The van der Waals surface area contributed by atoms with Crippen molar-refractivity contribution in [1.29, 1.82) is 0 Å². The number of rotatable bonds is 9. The van der Waals surface area contributed by atoms with Gasteiger partial charge >= 0.3 is 18.0 Å². The van der Waals surface area contributed by atoms with E-state index in [0.29, 0.717) is 48.5 Å². The van der Waals surface area contributed by atoms with E-state index in [9.17, 15) is 29.1 Å². The fraction of sp³-hybridized carbons (Fsp3) is 0.583. The van der Waals surface area contributed by atoms with E-state index in [1.54, 1.807) is 25.7 Å². The Balaban J connectivity index is 1.45. The molecule has 2 saturated heterocycles. The van der Waals surface area contributed by atoms with Crippen LogP contribution in [-0.2, 0) is 28.8 Å². The number of quaternary nitrogens is 1. The third-order valence-corrected chi connectivity index (χ3v) is 8.67. The number of oxime groups is 1. The average Bonchev–Trinajstić information content (AvgIpc) is 3.33. The van der Waals surface area contributed by atoms with Gasteiger partial charge in [0.25, 0.3) is 11.8 Å². The monoisotopic (exact) mass is 641 g/mol. The number of amides is 3. The highest BCUT2D eigenvalue weighted by molar-refractivity contribution is 8.00. The molecule has 4 rings (SSSR count). The number of carboxylic acids is 2. The quantitative estimate of drug-likeness (QED) is 0.114. The Morgan fingerprint density at radius 1 is 1.21 bits per heavy atom. The van der Waals surface area contributed by atoms with Crippen LogP contribution < -0.4 is 11.1 Å². The molecule has 19 heteroatoms. The molecule has 1 aromatic heterocycles. The maximum absolute atomic E-state index is 13.2. The van der Waals surface area contributed by atoms with E-state index < -0.39 is 59.2 Å². The van der Waals surface area contributed by atoms with Crippen LogP contribution in [0.3, 0.4) is 0 Å². The second-order valence-electron chi connectivity index (χ2n) is 11.4. The van der Waals surface area contributed by atoms with Gasteiger partial charge in [-0.2, -0.15) is 9.36 Å². The fourth-order valence-electron chi connectivity index (χ4n) is 4.76. The lowest BCUT2D eigenvalue weighted by molar-refractivity contribution is -0.908. The Morgan fingerprint density at radius 3 is 2.44 bits per heavy atom. The third kappa shape index (κ3) is 7.34. The number of hydrogen-bond acceptors (Lipinski definition) is 13. The number of carboxylic acid groups (broad SMARTS) is 2. The number of nitrogens with two attached hydrogens (primary N) is 1. The number of nitrogen functional groups attached to an aromatic ring is 1. The van der Waals surface area contributed by atoms with Gasteiger partial charge in [0.05, 0.1) is 33.2 Å². The number of nitrogens with zero attached hydrogens (tertiary/aromatic N) is 6. The first-order valence-corrected chi connectivity index (χ1v) is 14.9. The molecule has 2 fully saturated rings. The molecule has 5 N–H and O–H groups in total. The van der Waals surface area contributed by atoms with Crippen molar-refractivity contribution >= 4 is 64.0 Å². The highest BCUT2D eigenvalue weighted by Gasteiger charge is 2.55. The minimum Gasteiger partial charge on any atom is -0.479 e. The Hall–Kier alpha value is -3.97. The summed E-state index contributed by atoms with van der Waals surface area (Å²) in [4.78, 5) is 73.3. The molecule has 1 aromatic rings. The van der Waals surface area contributed by atoms with Crippen molar-refractivity contribution in [2.24, 2.45) is 5.16 Å². The number of ether oxygens (including phenoxy) is 1. The van der Waals surface area contributed by atoms with E-state index >= 15 is 0 Å². The van der Waals surface area contributed by atoms with Crippen molar-refractivity contribution in [3.8, 4) is 0 Å². The smallest absolute Gasteiger partial charge is 0.410 e. The minimum absolute atomic E-state index is 0.0221. The van der Waals surface area contributed by atoms with Crippen LogP contribution in [0.15, 0.2) is 16.4 Å². The summed E-state index contributed by atoms with van der Waals surface area (Å²) in [7, 11) is 1.98. The lowest BCUT2D eigenvalue weighted by Crippen LogP contribution is -2.71. The van der Waals surface area contributed by atoms with E-state index in [1.807, 2.05) is 7.05 Å². The van der Waals surface area contributed by atoms with Crippen LogP contribution in [-0.4, -0.2) is 139 Å². The number of aliphatic carboxylic acids is 2. The van der Waals surface area contributed by atoms with Crippen LogP contribution in [0.25, 0.3) is 0 Å². The molecular formula is C24H33N8O9S2+. The minimum atomic E-state index is -1.33. The summed E-state index contributed by atoms with van der Waals surface area (Å²) >= 11 is 2.08. The summed E-state index contributed by atoms with van der Waals surface area (Å²) in [5.41, 5.74) is 4.94. The molecule has 0 bridgehead atoms. The zero-order chi connectivity index (χ0) is 31.7. The number of aromatic nitrogens is 2. The van der Waals surface area contributed by atoms with Crippen molar-refractivity contribution in [2.45, 2.75) is 37.8 Å². The number of likely N-dealkylation sites (N-methyl/N-ethyl adjacent to an activating group) is 1. The zero-order valence-corrected chi connectivity index (χ0v) is 25.6. The van der Waals surface area contributed by atoms with E-state index in [0.717, 1.165) is 16.4 Å². The lowest BCUT2D eigenvalue weighted by atomic mass is 10.0. The van der Waals surface area contributed by atoms with Crippen LogP contribution >= 0.6 is 23.3 Å². The Morgan fingerprint density at radius 2 is 1.88 bits per heavy atom. The van der Waals surface area contributed by atoms with E-state index in [2.05, 4.69) is 24.7 Å². The normalized spacial score (nSPS) is 22.0. The van der Waals surface area contributed by atoms with Crippen LogP contribution in [0.2, 0.25) is 0 Å². The molecule has 0 spiro atoms. The molecule has 2 atom stereocenters. The molecule has 17 nitrogen and oxygen atoms in total. The summed E-state index contributed by atoms with van der Waals surface area (Å²) in [6.07, 6.45) is -0.393. The second kappa shape index (κ2) is 12.3. The van der Waals surface area contributed by atoms with E-state index in [1.165, 1.54) is 11.8 Å². The third-order valence-electron chi connectivity index (χ3n) is 6.79. The first kappa shape index (κ1) is 32.0. The predicted octanol–water partition coefficient (Wildman–Crippen LogP) is -0.638. The first-order chi connectivity index (χ1) is 20.1. The first-order valence-electron chi connectivity index (χ1n) is 13.1. The molecule has 0 saturated carbocycles. The number of fused-ring (bicyclic) bond motifs is 1. The van der Waals surface area contributed by atoms with E-state index in [4.69, 9.17) is 15.6 Å². The summed E-state index contributed by atoms with van der Waals surface area (Å²) in [6.45, 7) is 6.93. The molecule has 0 aromatic carbocycles. The number of carbonyl (C=O) groups is 5. The highest BCUT2D eigenvalue weighted by Crippen LogP contribution is 2.41. The number of carbonyl (C=O) groups excluding carboxylic acids is 3. The number of nitrogens with one attached hydrogen (secondary N) is 1. The molecule has 43 heavy (non-hydrogen) atoms. The molecule has 0 radical (unpaired) electrons. The molecular weight excluding hydrogens is 608 g/mol. The number of thioether (sulfide) groups is 1. The van der Waals surface area contributed by atoms with Crippen molar-refractivity contribution in [3.05, 3.63) is 17.1 Å². The SMILES string of the molecule is CC(C)(C)OC(=O)N1CC[N+](C)(CC2=C(C(=O)O)N3C(=O)[C@@H](NC(=O)C(=NOCC(=O)O)c4nsc(N)n4)[C@H]3SC2)CC1. The van der Waals surface area contributed by atoms with Crippen LogP contribution in [0, 0.1) is 0 Å². The lowest BCUT2D eigenvalue weighted by Gasteiger charge is -2.50. The van der Waals surface area contributed by atoms with Crippen LogP contribution in [0.1, 0.15) is 26.6 Å². The van der Waals surface area contributed by atoms with Gasteiger partial charge in [0.2, 0.25) is 18.1 Å². The molecule has 4 heterocycles. The molecule has 0 aliphatic carbocycles. The van der Waals surface area contributed by atoms with Gasteiger partial charge in [-0.25, -0.2) is 14.4 Å². The van der Waals surface area contributed by atoms with Gasteiger partial charge < -0.3 is 35.3 Å². The van der Waals surface area contributed by atoms with Crippen molar-refractivity contribution in [1.82, 2.24) is 24.5 Å². The number of β-lactam (4-membered cyclic amide) rings is 1. The Labute approximate surface area is 254 Å². The van der Waals surface area contributed by atoms with Gasteiger partial charge in [-0.15, -0.1) is 11.8 Å². The van der Waals surface area contributed by atoms with Crippen molar-refractivity contribution in [3.63, 3.8) is 0 Å². The molecule has 3 aliphatic rings. The number of hydrogen-bond donors (Lipinski definition) is 4. The Kier molecular flexibility index (Phi) is 9.16. The Bertz CT molecular complexity index is 1380. The van der Waals surface area contributed by atoms with E-state index in [-0.39, 0.29) is 16.7 Å². The van der Waals surface area contributed by atoms with Gasteiger partial charge in [-0.1, -0.05) is 5.16 Å². The van der Waals surface area contributed by atoms with Crippen LogP contribution in [0.4, 0.5) is 9.93 Å². The van der Waals surface area contributed by atoms with Crippen molar-refractivity contribution in [2.75, 3.05) is 57.9 Å². The van der Waals surface area contributed by atoms with Gasteiger partial charge in [-0.3, -0.25) is 19.4 Å². The molecule has 3 aliphatic heterocycles. The van der Waals surface area contributed by atoms with Crippen molar-refractivity contribution < 1.29 is 48.2 Å². The predicted molar refractivity (Wildman–Crippen MR) is 153 cm³/mol. The van der Waals surface area contributed by atoms with Gasteiger partial charge in [0.15, 0.2) is 5.13 Å². The average molecular weight is 642 g/mol. The van der Waals surface area contributed by atoms with Crippen LogP contribution in [0.5, 0.6) is 0 Å². The number of anilines is 1. The molecule has 0 unspecified atom stereocenters. The van der Waals surface area contributed by atoms with Gasteiger partial charge in [-0.05, 0) is 20.8 Å². The summed E-state index contributed by atoms with van der Waals surface area (Å²) < 4.78 is 9.83. The maximum atomic E-state index is 13.2. The molecule has 234 valence electrons. The summed E-state index contributed by atoms with van der Waals surface area (Å²) in [5, 5.41) is 24.3. The van der Waals surface area contributed by atoms with Gasteiger partial charge in [0.1, 0.15) is 29.3 Å². The maximum Gasteiger partial charge on any atom is 0.410 e. The topological polar surface area (TPSA) is 227 Å². The van der Waals surface area contributed by atoms with Gasteiger partial charge in [0, 0.05) is 22.9 Å². The zero-order valence-electron chi connectivity index (χ0n) is 23.9. The second-order valence-corrected chi connectivity index (χ2v) is 13.3. The highest BCUT2D eigenvalue weighted by atomic mass is 32.2. The standard InChI is InChI=1S/C24H32N8O9S2/c1-24(2,3)41-23(39)30-5-7-32(4,8-6-30)9-12-11-42-20-15(19(36)31(20)16(12)21(37)38)26-18(35)14(28-40-10-13(33)34)17-27-22(25)43-29-17/h15,20H,5-11H2,1-4H3,(H4-,25,26,27,29,33,34,35,37,38)/p+1/t15-,20-/m1/s1.